The summed E-state index contributed by atoms with van der Waals surface area (Å²) in [7, 11) is -0.234. The fourth-order valence-corrected chi connectivity index (χ4v) is 3.02. The molecule has 1 aliphatic carbocycles. The zero-order valence-corrected chi connectivity index (χ0v) is 14.0. The molecule has 0 amide bonds. The van der Waals surface area contributed by atoms with Gasteiger partial charge in [0.15, 0.2) is 0 Å². The lowest BCUT2D eigenvalue weighted by molar-refractivity contribution is 0.00578. The topological polar surface area (TPSA) is 18.5 Å². The molecule has 1 atom stereocenters. The van der Waals surface area contributed by atoms with Gasteiger partial charge in [0.25, 0.3) is 0 Å². The molecule has 1 heterocycles. The molecule has 2 fully saturated rings. The summed E-state index contributed by atoms with van der Waals surface area (Å²) in [5, 5.41) is 0.915. The maximum atomic E-state index is 6.06. The van der Waals surface area contributed by atoms with E-state index in [1.807, 2.05) is 6.08 Å². The Bertz CT molecular complexity index is 370. The molecule has 0 aromatic rings. The normalized spacial score (nSPS) is 27.4. The van der Waals surface area contributed by atoms with Crippen molar-refractivity contribution < 1.29 is 9.31 Å². The van der Waals surface area contributed by atoms with Crippen LogP contribution in [0.15, 0.2) is 24.2 Å². The van der Waals surface area contributed by atoms with Crippen molar-refractivity contribution in [2.45, 2.75) is 51.7 Å². The Hall–Kier alpha value is -0.0551. The molecule has 0 unspecified atom stereocenters. The van der Waals surface area contributed by atoms with Gasteiger partial charge in [-0.2, -0.15) is 0 Å². The predicted octanol–water partition coefficient (Wildman–Crippen LogP) is 4.15. The van der Waals surface area contributed by atoms with Crippen molar-refractivity contribution in [1.29, 1.82) is 0 Å². The van der Waals surface area contributed by atoms with E-state index in [-0.39, 0.29) is 18.3 Å². The minimum Gasteiger partial charge on any atom is -0.400 e. The van der Waals surface area contributed by atoms with Crippen LogP contribution in [0.5, 0.6) is 0 Å². The summed E-state index contributed by atoms with van der Waals surface area (Å²) < 4.78 is 12.1. The zero-order chi connectivity index (χ0) is 14.3. The Kier molecular flexibility index (Phi) is 4.34. The Morgan fingerprint density at radius 1 is 1.32 bits per heavy atom. The van der Waals surface area contributed by atoms with Gasteiger partial charge >= 0.3 is 7.12 Å². The molecule has 2 rings (SSSR count). The molecule has 4 heteroatoms. The third-order valence-electron chi connectivity index (χ3n) is 4.53. The molecule has 0 aromatic carbocycles. The molecular formula is C15H24BBrO2. The zero-order valence-electron chi connectivity index (χ0n) is 12.4. The van der Waals surface area contributed by atoms with E-state index in [9.17, 15) is 0 Å². The van der Waals surface area contributed by atoms with E-state index < -0.39 is 0 Å². The van der Waals surface area contributed by atoms with Crippen LogP contribution in [0, 0.1) is 11.8 Å². The van der Waals surface area contributed by atoms with Crippen LogP contribution in [0.2, 0.25) is 0 Å². The highest BCUT2D eigenvalue weighted by Crippen LogP contribution is 2.43. The molecule has 1 saturated carbocycles. The fraction of sp³-hybridized carbons (Fsp3) is 0.733. The molecule has 1 saturated heterocycles. The second-order valence-electron chi connectivity index (χ2n) is 6.56. The van der Waals surface area contributed by atoms with Crippen LogP contribution in [0.4, 0.5) is 0 Å². The van der Waals surface area contributed by atoms with Crippen LogP contribution in [-0.2, 0) is 9.31 Å². The lowest BCUT2D eigenvalue weighted by atomic mass is 9.81. The number of alkyl halides is 1. The van der Waals surface area contributed by atoms with Crippen LogP contribution in [0.25, 0.3) is 0 Å². The maximum Gasteiger partial charge on any atom is 0.487 e. The van der Waals surface area contributed by atoms with Gasteiger partial charge in [0.1, 0.15) is 0 Å². The molecule has 0 radical (unpaired) electrons. The van der Waals surface area contributed by atoms with Gasteiger partial charge in [0, 0.05) is 11.2 Å². The smallest absolute Gasteiger partial charge is 0.400 e. The Balaban J connectivity index is 2.17. The number of hydrogen-bond donors (Lipinski definition) is 0. The molecule has 2 aliphatic rings. The van der Waals surface area contributed by atoms with Gasteiger partial charge in [-0.05, 0) is 46.5 Å². The van der Waals surface area contributed by atoms with Crippen LogP contribution >= 0.6 is 15.9 Å². The molecule has 0 aromatic heterocycles. The Labute approximate surface area is 125 Å². The van der Waals surface area contributed by atoms with E-state index in [4.69, 9.17) is 9.31 Å². The molecule has 106 valence electrons. The number of allylic oxidation sites excluding steroid dienone is 2. The minimum absolute atomic E-state index is 0.234. The van der Waals surface area contributed by atoms with Crippen molar-refractivity contribution in [3.63, 3.8) is 0 Å². The summed E-state index contributed by atoms with van der Waals surface area (Å²) in [5.41, 5.74) is 0.896. The van der Waals surface area contributed by atoms with E-state index >= 15 is 0 Å². The van der Waals surface area contributed by atoms with Crippen LogP contribution in [-0.4, -0.2) is 23.7 Å². The molecule has 1 aliphatic heterocycles. The first-order valence-electron chi connectivity index (χ1n) is 7.06. The standard InChI is InChI=1S/C15H24BBrO2/c1-6-11(10-17)13(12-7-8-12)9-16-18-14(2,3)15(4,5)19-16/h6,9,11-12H,1,7-8,10H2,2-5H3/b13-9+/t11-/m1/s1. The number of halogens is 1. The van der Waals surface area contributed by atoms with E-state index in [0.717, 1.165) is 5.33 Å². The predicted molar refractivity (Wildman–Crippen MR) is 84.4 cm³/mol. The first kappa shape index (κ1) is 15.3. The van der Waals surface area contributed by atoms with Crippen molar-refractivity contribution in [3.8, 4) is 0 Å². The van der Waals surface area contributed by atoms with Crippen LogP contribution in [0.3, 0.4) is 0 Å². The average molecular weight is 327 g/mol. The quantitative estimate of drug-likeness (QED) is 0.429. The molecule has 0 N–H and O–H groups in total. The van der Waals surface area contributed by atoms with Crippen LogP contribution < -0.4 is 0 Å². The van der Waals surface area contributed by atoms with Crippen molar-refractivity contribution in [2.75, 3.05) is 5.33 Å². The third-order valence-corrected chi connectivity index (χ3v) is 5.23. The number of rotatable bonds is 5. The van der Waals surface area contributed by atoms with Crippen molar-refractivity contribution >= 4 is 23.0 Å². The van der Waals surface area contributed by atoms with Gasteiger partial charge in [-0.25, -0.2) is 0 Å². The first-order chi connectivity index (χ1) is 8.80. The highest BCUT2D eigenvalue weighted by atomic mass is 79.9. The van der Waals surface area contributed by atoms with E-state index in [0.29, 0.717) is 11.8 Å². The molecule has 19 heavy (non-hydrogen) atoms. The fourth-order valence-electron chi connectivity index (χ4n) is 2.38. The van der Waals surface area contributed by atoms with Gasteiger partial charge in [0.2, 0.25) is 0 Å². The highest BCUT2D eigenvalue weighted by molar-refractivity contribution is 9.09. The summed E-state index contributed by atoms with van der Waals surface area (Å²) in [6, 6.07) is 0. The largest absolute Gasteiger partial charge is 0.487 e. The van der Waals surface area contributed by atoms with Crippen molar-refractivity contribution in [2.24, 2.45) is 11.8 Å². The van der Waals surface area contributed by atoms with Crippen molar-refractivity contribution in [3.05, 3.63) is 24.2 Å². The second-order valence-corrected chi connectivity index (χ2v) is 7.21. The molecule has 2 nitrogen and oxygen atoms in total. The monoisotopic (exact) mass is 326 g/mol. The van der Waals surface area contributed by atoms with E-state index in [1.54, 1.807) is 0 Å². The van der Waals surface area contributed by atoms with E-state index in [1.165, 1.54) is 18.4 Å². The van der Waals surface area contributed by atoms with Gasteiger partial charge in [-0.1, -0.05) is 33.6 Å². The summed E-state index contributed by atoms with van der Waals surface area (Å²) in [4.78, 5) is 0. The van der Waals surface area contributed by atoms with E-state index in [2.05, 4.69) is 56.2 Å². The van der Waals surface area contributed by atoms with Gasteiger partial charge in [-0.3, -0.25) is 0 Å². The van der Waals surface area contributed by atoms with Crippen molar-refractivity contribution in [1.82, 2.24) is 0 Å². The lowest BCUT2D eigenvalue weighted by Gasteiger charge is -2.32. The minimum atomic E-state index is -0.263. The summed E-state index contributed by atoms with van der Waals surface area (Å²) in [6.45, 7) is 12.3. The van der Waals surface area contributed by atoms with Gasteiger partial charge in [-0.15, -0.1) is 6.58 Å². The second kappa shape index (κ2) is 5.38. The highest BCUT2D eigenvalue weighted by Gasteiger charge is 2.50. The molecule has 0 spiro atoms. The van der Waals surface area contributed by atoms with Gasteiger partial charge in [0.05, 0.1) is 11.2 Å². The summed E-state index contributed by atoms with van der Waals surface area (Å²) >= 11 is 3.57. The van der Waals surface area contributed by atoms with Crippen LogP contribution in [0.1, 0.15) is 40.5 Å². The van der Waals surface area contributed by atoms with Gasteiger partial charge < -0.3 is 9.31 Å². The summed E-state index contributed by atoms with van der Waals surface area (Å²) in [5.74, 6) is 3.26. The number of hydrogen-bond acceptors (Lipinski definition) is 2. The maximum absolute atomic E-state index is 6.06. The molecule has 0 bridgehead atoms. The Morgan fingerprint density at radius 3 is 2.21 bits per heavy atom. The molecular weight excluding hydrogens is 303 g/mol. The lowest BCUT2D eigenvalue weighted by Crippen LogP contribution is -2.41. The first-order valence-corrected chi connectivity index (χ1v) is 8.18. The summed E-state index contributed by atoms with van der Waals surface area (Å²) in [6.07, 6.45) is 4.58. The third kappa shape index (κ3) is 3.17. The SMILES string of the molecule is C=C[C@H](CBr)/C(=C\B1OC(C)(C)C(C)(C)O1)C1CC1. The average Bonchev–Trinajstić information content (AvgIpc) is 3.08. The Morgan fingerprint density at radius 2 is 1.84 bits per heavy atom.